The number of Topliss-reactive ketones (excluding diaryl/α,β-unsaturated/α-hetero) is 1. The van der Waals surface area contributed by atoms with Crippen LogP contribution in [0, 0.1) is 10.8 Å². The maximum atomic E-state index is 12.7. The largest absolute Gasteiger partial charge is 0.511 e. The Labute approximate surface area is 125 Å². The number of alkyl halides is 3. The third-order valence-electron chi connectivity index (χ3n) is 4.75. The molecule has 0 aliphatic rings. The molecule has 0 saturated carbocycles. The van der Waals surface area contributed by atoms with E-state index in [1.54, 1.807) is 13.8 Å². The molecule has 5 heteroatoms. The summed E-state index contributed by atoms with van der Waals surface area (Å²) in [7, 11) is 0. The Morgan fingerprint density at radius 1 is 0.952 bits per heavy atom. The Hall–Kier alpha value is -1.00. The number of halogens is 3. The van der Waals surface area contributed by atoms with E-state index >= 15 is 0 Å². The van der Waals surface area contributed by atoms with Crippen molar-refractivity contribution in [2.24, 2.45) is 10.8 Å². The third-order valence-corrected chi connectivity index (χ3v) is 4.75. The Morgan fingerprint density at radius 3 is 1.62 bits per heavy atom. The van der Waals surface area contributed by atoms with Crippen molar-refractivity contribution < 1.29 is 23.1 Å². The summed E-state index contributed by atoms with van der Waals surface area (Å²) in [6.07, 6.45) is -4.26. The fourth-order valence-corrected chi connectivity index (χ4v) is 2.40. The molecule has 0 aliphatic heterocycles. The zero-order valence-electron chi connectivity index (χ0n) is 13.8. The van der Waals surface area contributed by atoms with Gasteiger partial charge in [0.15, 0.2) is 5.78 Å². The second kappa shape index (κ2) is 6.84. The molecular weight excluding hydrogens is 281 g/mol. The summed E-state index contributed by atoms with van der Waals surface area (Å²) in [6.45, 7) is 9.85. The van der Waals surface area contributed by atoms with Gasteiger partial charge in [0.2, 0.25) is 0 Å². The Balaban J connectivity index is 5.70. The van der Waals surface area contributed by atoms with Crippen molar-refractivity contribution in [2.45, 2.75) is 73.4 Å². The molecule has 0 aliphatic carbocycles. The summed E-state index contributed by atoms with van der Waals surface area (Å²) >= 11 is 0. The highest BCUT2D eigenvalue weighted by Gasteiger charge is 2.43. The first-order valence-electron chi connectivity index (χ1n) is 7.38. The quantitative estimate of drug-likeness (QED) is 0.492. The Morgan fingerprint density at radius 2 is 1.33 bits per heavy atom. The molecule has 124 valence electrons. The predicted octanol–water partition coefficient (Wildman–Crippen LogP) is 5.58. The smallest absolute Gasteiger partial charge is 0.390 e. The minimum Gasteiger partial charge on any atom is -0.511 e. The van der Waals surface area contributed by atoms with E-state index in [1.165, 1.54) is 13.8 Å². The van der Waals surface area contributed by atoms with Crippen LogP contribution in [0.1, 0.15) is 67.2 Å². The van der Waals surface area contributed by atoms with Crippen molar-refractivity contribution >= 4 is 5.78 Å². The Kier molecular flexibility index (Phi) is 6.51. The van der Waals surface area contributed by atoms with E-state index in [1.807, 2.05) is 13.8 Å². The van der Waals surface area contributed by atoms with Crippen molar-refractivity contribution in [1.82, 2.24) is 0 Å². The van der Waals surface area contributed by atoms with Gasteiger partial charge >= 0.3 is 6.18 Å². The molecule has 0 aromatic heterocycles. The molecule has 0 heterocycles. The van der Waals surface area contributed by atoms with Crippen LogP contribution in [0.25, 0.3) is 0 Å². The van der Waals surface area contributed by atoms with Gasteiger partial charge in [0.25, 0.3) is 0 Å². The molecule has 0 spiro atoms. The van der Waals surface area contributed by atoms with Gasteiger partial charge in [0.05, 0.1) is 6.42 Å². The lowest BCUT2D eigenvalue weighted by Gasteiger charge is -2.32. The fourth-order valence-electron chi connectivity index (χ4n) is 2.40. The van der Waals surface area contributed by atoms with Crippen LogP contribution in [0.2, 0.25) is 0 Å². The second-order valence-electron chi connectivity index (χ2n) is 6.28. The maximum Gasteiger partial charge on any atom is 0.390 e. The van der Waals surface area contributed by atoms with Gasteiger partial charge in [0, 0.05) is 16.4 Å². The summed E-state index contributed by atoms with van der Waals surface area (Å²) in [4.78, 5) is 12.5. The predicted molar refractivity (Wildman–Crippen MR) is 78.1 cm³/mol. The van der Waals surface area contributed by atoms with E-state index in [-0.39, 0.29) is 17.8 Å². The monoisotopic (exact) mass is 308 g/mol. The highest BCUT2D eigenvalue weighted by atomic mass is 19.4. The summed E-state index contributed by atoms with van der Waals surface area (Å²) in [5.74, 6) is -0.702. The molecule has 0 radical (unpaired) electrons. The first-order valence-corrected chi connectivity index (χ1v) is 7.38. The van der Waals surface area contributed by atoms with Crippen LogP contribution in [-0.2, 0) is 4.79 Å². The summed E-state index contributed by atoms with van der Waals surface area (Å²) < 4.78 is 38.1. The van der Waals surface area contributed by atoms with E-state index in [0.29, 0.717) is 12.8 Å². The van der Waals surface area contributed by atoms with Crippen LogP contribution in [0.4, 0.5) is 13.2 Å². The summed E-state index contributed by atoms with van der Waals surface area (Å²) in [5, 5.41) is 10.3. The van der Waals surface area contributed by atoms with Crippen molar-refractivity contribution in [3.63, 3.8) is 0 Å². The zero-order valence-corrected chi connectivity index (χ0v) is 13.8. The van der Waals surface area contributed by atoms with Crippen LogP contribution in [0.3, 0.4) is 0 Å². The number of carbonyl (C=O) groups excluding carboxylic acids is 1. The topological polar surface area (TPSA) is 37.3 Å². The van der Waals surface area contributed by atoms with Gasteiger partial charge in [0.1, 0.15) is 5.76 Å². The molecule has 21 heavy (non-hydrogen) atoms. The number of aliphatic hydroxyl groups is 1. The van der Waals surface area contributed by atoms with Crippen LogP contribution in [0.15, 0.2) is 11.3 Å². The molecular formula is C16H27F3O2. The van der Waals surface area contributed by atoms with Crippen LogP contribution in [0.5, 0.6) is 0 Å². The highest BCUT2D eigenvalue weighted by molar-refractivity contribution is 5.99. The molecule has 1 atom stereocenters. The number of ketones is 1. The van der Waals surface area contributed by atoms with E-state index in [0.717, 1.165) is 0 Å². The van der Waals surface area contributed by atoms with E-state index in [2.05, 4.69) is 0 Å². The number of rotatable bonds is 7. The molecule has 0 aromatic carbocycles. The summed E-state index contributed by atoms with van der Waals surface area (Å²) in [5.41, 5.74) is -2.06. The van der Waals surface area contributed by atoms with Crippen LogP contribution in [-0.4, -0.2) is 17.1 Å². The molecule has 2 nitrogen and oxygen atoms in total. The second-order valence-corrected chi connectivity index (χ2v) is 6.28. The van der Waals surface area contributed by atoms with E-state index < -0.39 is 29.2 Å². The van der Waals surface area contributed by atoms with Crippen molar-refractivity contribution in [3.8, 4) is 0 Å². The molecule has 0 bridgehead atoms. The lowest BCUT2D eigenvalue weighted by molar-refractivity contribution is -0.156. The normalized spacial score (nSPS) is 17.2. The van der Waals surface area contributed by atoms with Gasteiger partial charge in [-0.2, -0.15) is 13.2 Å². The fraction of sp³-hybridized carbons (Fsp3) is 0.812. The minimum atomic E-state index is -4.39. The maximum absolute atomic E-state index is 12.7. The standard InChI is InChI=1S/C16H27F3O2/c1-7-14(5,8-2)12(20)11(4)13(21)15(6,9-3)10-16(17,18)19/h21H,7-10H2,1-6H3/b13-11-. The van der Waals surface area contributed by atoms with Crippen molar-refractivity contribution in [1.29, 1.82) is 0 Å². The van der Waals surface area contributed by atoms with Gasteiger partial charge in [-0.1, -0.05) is 34.6 Å². The van der Waals surface area contributed by atoms with Gasteiger partial charge in [-0.05, 0) is 26.2 Å². The van der Waals surface area contributed by atoms with Gasteiger partial charge < -0.3 is 5.11 Å². The van der Waals surface area contributed by atoms with E-state index in [4.69, 9.17) is 0 Å². The molecule has 0 rings (SSSR count). The third kappa shape index (κ3) is 4.75. The Bertz CT molecular complexity index is 406. The van der Waals surface area contributed by atoms with Gasteiger partial charge in [-0.25, -0.2) is 0 Å². The lowest BCUT2D eigenvalue weighted by Crippen LogP contribution is -2.32. The van der Waals surface area contributed by atoms with E-state index in [9.17, 15) is 23.1 Å². The first kappa shape index (κ1) is 20.0. The van der Waals surface area contributed by atoms with Gasteiger partial charge in [-0.15, -0.1) is 0 Å². The van der Waals surface area contributed by atoms with Crippen LogP contribution >= 0.6 is 0 Å². The van der Waals surface area contributed by atoms with Crippen LogP contribution < -0.4 is 0 Å². The molecule has 1 unspecified atom stereocenters. The van der Waals surface area contributed by atoms with Crippen molar-refractivity contribution in [3.05, 3.63) is 11.3 Å². The van der Waals surface area contributed by atoms with Crippen molar-refractivity contribution in [2.75, 3.05) is 0 Å². The average molecular weight is 308 g/mol. The average Bonchev–Trinajstić information content (AvgIpc) is 2.41. The number of hydrogen-bond acceptors (Lipinski definition) is 2. The number of aliphatic hydroxyl groups excluding tert-OH is 1. The molecule has 1 N–H and O–H groups in total. The molecule has 0 saturated heterocycles. The molecule has 0 amide bonds. The van der Waals surface area contributed by atoms with Gasteiger partial charge in [-0.3, -0.25) is 4.79 Å². The zero-order chi connectivity index (χ0) is 17.1. The highest BCUT2D eigenvalue weighted by Crippen LogP contribution is 2.43. The summed E-state index contributed by atoms with van der Waals surface area (Å²) in [6, 6.07) is 0. The number of hydrogen-bond donors (Lipinski definition) is 1. The lowest BCUT2D eigenvalue weighted by atomic mass is 9.74. The number of carbonyl (C=O) groups is 1. The molecule has 0 fully saturated rings. The molecule has 0 aromatic rings. The first-order chi connectivity index (χ1) is 9.37. The minimum absolute atomic E-state index is 0.0507. The SMILES string of the molecule is CCC(C)(CC)C(=O)/C(C)=C(\O)C(C)(CC)CC(F)(F)F. The number of allylic oxidation sites excluding steroid dienone is 2.